The summed E-state index contributed by atoms with van der Waals surface area (Å²) < 4.78 is 0. The van der Waals surface area contributed by atoms with Crippen LogP contribution >= 0.6 is 8.88 Å². The van der Waals surface area contributed by atoms with Crippen LogP contribution in [-0.2, 0) is 0 Å². The van der Waals surface area contributed by atoms with Gasteiger partial charge in [0.2, 0.25) is 0 Å². The molecule has 3 saturated carbocycles. The molecule has 0 spiro atoms. The predicted molar refractivity (Wildman–Crippen MR) is 117 cm³/mol. The molecule has 4 rings (SSSR count). The fraction of sp³-hybridized carbons (Fsp3) is 0.913. The first-order valence-electron chi connectivity index (χ1n) is 11.8. The van der Waals surface area contributed by atoms with Gasteiger partial charge in [0, 0.05) is 22.0 Å². The van der Waals surface area contributed by atoms with Crippen molar-refractivity contribution in [1.82, 2.24) is 10.2 Å². The van der Waals surface area contributed by atoms with E-state index in [-0.39, 0.29) is 0 Å². The number of nitrogens with one attached hydrogen (secondary N) is 1. The van der Waals surface area contributed by atoms with Crippen molar-refractivity contribution < 1.29 is 0 Å². The lowest BCUT2D eigenvalue weighted by molar-refractivity contribution is 0.105. The van der Waals surface area contributed by atoms with E-state index in [9.17, 15) is 0 Å². The Balaban J connectivity index is 1.40. The van der Waals surface area contributed by atoms with Crippen molar-refractivity contribution in [2.45, 2.75) is 84.5 Å². The first kappa shape index (κ1) is 20.3. The van der Waals surface area contributed by atoms with E-state index < -0.39 is 0 Å². The second-order valence-corrected chi connectivity index (χ2v) is 11.1. The Morgan fingerprint density at radius 1 is 1.04 bits per heavy atom. The molecule has 3 nitrogen and oxygen atoms in total. The molecule has 0 aromatic heterocycles. The third kappa shape index (κ3) is 4.32. The first-order chi connectivity index (χ1) is 13.1. The molecule has 0 aromatic carbocycles. The summed E-state index contributed by atoms with van der Waals surface area (Å²) in [6, 6.07) is 0. The summed E-state index contributed by atoms with van der Waals surface area (Å²) in [6.07, 6.45) is 18.4. The van der Waals surface area contributed by atoms with Gasteiger partial charge in [-0.15, -0.1) is 0 Å². The Kier molecular flexibility index (Phi) is 6.64. The Morgan fingerprint density at radius 3 is 2.52 bits per heavy atom. The van der Waals surface area contributed by atoms with E-state index in [2.05, 4.69) is 30.1 Å². The lowest BCUT2D eigenvalue weighted by Crippen LogP contribution is -2.42. The maximum atomic E-state index is 5.91. The molecule has 0 heterocycles. The van der Waals surface area contributed by atoms with Crippen LogP contribution in [0.5, 0.6) is 0 Å². The Morgan fingerprint density at radius 2 is 1.74 bits per heavy atom. The Bertz CT molecular complexity index is 526. The summed E-state index contributed by atoms with van der Waals surface area (Å²) in [5.74, 6) is 4.37. The summed E-state index contributed by atoms with van der Waals surface area (Å²) in [5.41, 5.74) is 8.29. The number of allylic oxidation sites excluding steroid dienone is 2. The molecule has 4 aliphatic carbocycles. The van der Waals surface area contributed by atoms with Gasteiger partial charge in [0.25, 0.3) is 0 Å². The third-order valence-electron chi connectivity index (χ3n) is 8.61. The number of hydrogen-bond acceptors (Lipinski definition) is 3. The number of nitrogens with zero attached hydrogens (tertiary/aromatic N) is 1. The molecule has 4 aliphatic rings. The molecule has 27 heavy (non-hydrogen) atoms. The minimum Gasteiger partial charge on any atom is -0.299 e. The molecule has 0 saturated heterocycles. The lowest BCUT2D eigenvalue weighted by atomic mass is 9.67. The monoisotopic (exact) mass is 391 g/mol. The van der Waals surface area contributed by atoms with Crippen LogP contribution in [0.1, 0.15) is 84.5 Å². The summed E-state index contributed by atoms with van der Waals surface area (Å²) in [5, 5.41) is 6.03. The number of hydrogen-bond donors (Lipinski definition) is 2. The molecule has 0 amide bonds. The van der Waals surface area contributed by atoms with Crippen LogP contribution in [0.4, 0.5) is 0 Å². The molecule has 0 radical (unpaired) electrons. The van der Waals surface area contributed by atoms with Gasteiger partial charge in [0.15, 0.2) is 0 Å². The zero-order valence-corrected chi connectivity index (χ0v) is 18.7. The Hall–Kier alpha value is 0.0500. The van der Waals surface area contributed by atoms with Crippen molar-refractivity contribution in [3.8, 4) is 0 Å². The molecule has 4 heteroatoms. The highest BCUT2D eigenvalue weighted by molar-refractivity contribution is 7.32. The molecule has 3 N–H and O–H groups in total. The van der Waals surface area contributed by atoms with Gasteiger partial charge < -0.3 is 0 Å². The summed E-state index contributed by atoms with van der Waals surface area (Å²) in [4.78, 5) is 0. The second-order valence-electron chi connectivity index (χ2n) is 10.6. The van der Waals surface area contributed by atoms with E-state index in [0.717, 1.165) is 29.6 Å². The Labute approximate surface area is 169 Å². The number of hydrazine groups is 1. The van der Waals surface area contributed by atoms with Crippen molar-refractivity contribution in [2.24, 2.45) is 40.5 Å². The van der Waals surface area contributed by atoms with Crippen molar-refractivity contribution >= 4 is 8.88 Å². The molecule has 5 atom stereocenters. The molecule has 3 fully saturated rings. The maximum Gasteiger partial charge on any atom is 0.0300 e. The zero-order chi connectivity index (χ0) is 18.9. The van der Waals surface area contributed by atoms with Crippen LogP contribution in [-0.4, -0.2) is 18.1 Å². The van der Waals surface area contributed by atoms with Crippen LogP contribution < -0.4 is 10.7 Å². The molecular weight excluding hydrogens is 349 g/mol. The van der Waals surface area contributed by atoms with Gasteiger partial charge in [0.05, 0.1) is 0 Å². The van der Waals surface area contributed by atoms with E-state index >= 15 is 0 Å². The third-order valence-corrected chi connectivity index (χ3v) is 9.06. The molecular formula is C23H42N3P. The minimum absolute atomic E-state index is 0.331. The highest BCUT2D eigenvalue weighted by atomic mass is 31.1. The molecule has 0 bridgehead atoms. The van der Waals surface area contributed by atoms with E-state index in [1.165, 1.54) is 83.7 Å². The van der Waals surface area contributed by atoms with Gasteiger partial charge in [-0.25, -0.2) is 10.2 Å². The van der Waals surface area contributed by atoms with Crippen LogP contribution in [0.2, 0.25) is 0 Å². The van der Waals surface area contributed by atoms with Crippen LogP contribution in [0.25, 0.3) is 0 Å². The second kappa shape index (κ2) is 8.82. The molecule has 0 aliphatic heterocycles. The topological polar surface area (TPSA) is 41.3 Å². The van der Waals surface area contributed by atoms with Crippen molar-refractivity contribution in [1.29, 1.82) is 0 Å². The van der Waals surface area contributed by atoms with Crippen LogP contribution in [0.3, 0.4) is 0 Å². The molecule has 4 unspecified atom stereocenters. The van der Waals surface area contributed by atoms with Gasteiger partial charge >= 0.3 is 0 Å². The molecule has 154 valence electrons. The fourth-order valence-corrected chi connectivity index (χ4v) is 7.60. The smallest absolute Gasteiger partial charge is 0.0300 e. The summed E-state index contributed by atoms with van der Waals surface area (Å²) in [7, 11) is 0.331. The van der Waals surface area contributed by atoms with Crippen molar-refractivity contribution in [3.05, 3.63) is 11.6 Å². The first-order valence-corrected chi connectivity index (χ1v) is 12.8. The standard InChI is InChI=1S/C23H42N3P/c1-23(2)21-11-7-6-10-19(21)20-13-12-18(14-22(20)23)16-26(25-27-24)15-17-8-4-3-5-9-17/h13,17-19,21-22,25,27H,3-12,14-16,24H2,1-2H3/t18-,19?,21?,22?/m1/s1. The van der Waals surface area contributed by atoms with E-state index in [0.29, 0.717) is 14.3 Å². The van der Waals surface area contributed by atoms with E-state index in [4.69, 9.17) is 5.50 Å². The number of fused-ring (bicyclic) bond motifs is 3. The van der Waals surface area contributed by atoms with Gasteiger partial charge in [0.1, 0.15) is 0 Å². The highest BCUT2D eigenvalue weighted by Gasteiger charge is 2.53. The number of nitrogens with two attached hydrogens (primary N) is 1. The highest BCUT2D eigenvalue weighted by Crippen LogP contribution is 2.61. The number of rotatable bonds is 6. The maximum absolute atomic E-state index is 5.91. The van der Waals surface area contributed by atoms with Crippen molar-refractivity contribution in [3.63, 3.8) is 0 Å². The van der Waals surface area contributed by atoms with Crippen LogP contribution in [0.15, 0.2) is 11.6 Å². The molecule has 0 aromatic rings. The largest absolute Gasteiger partial charge is 0.299 e. The van der Waals surface area contributed by atoms with E-state index in [1.54, 1.807) is 0 Å². The quantitative estimate of drug-likeness (QED) is 0.350. The van der Waals surface area contributed by atoms with Gasteiger partial charge in [-0.2, -0.15) is 0 Å². The predicted octanol–water partition coefficient (Wildman–Crippen LogP) is 5.64. The fourth-order valence-electron chi connectivity index (χ4n) is 7.23. The van der Waals surface area contributed by atoms with Crippen molar-refractivity contribution in [2.75, 3.05) is 13.1 Å². The van der Waals surface area contributed by atoms with Gasteiger partial charge in [-0.1, -0.05) is 57.6 Å². The lowest BCUT2D eigenvalue weighted by Gasteiger charge is -2.39. The normalized spacial score (nSPS) is 36.8. The summed E-state index contributed by atoms with van der Waals surface area (Å²) in [6.45, 7) is 7.56. The van der Waals surface area contributed by atoms with Gasteiger partial charge in [-0.3, -0.25) is 5.50 Å². The average Bonchev–Trinajstić information content (AvgIpc) is 2.90. The minimum atomic E-state index is 0.331. The average molecular weight is 392 g/mol. The summed E-state index contributed by atoms with van der Waals surface area (Å²) >= 11 is 0. The SMILES string of the molecule is CC1(C)C2C[C@H](CN(CC3CCCCC3)NPN)CC=C2C2CCCCC21. The van der Waals surface area contributed by atoms with Gasteiger partial charge in [-0.05, 0) is 73.5 Å². The van der Waals surface area contributed by atoms with E-state index in [1.807, 2.05) is 5.57 Å². The zero-order valence-electron chi connectivity index (χ0n) is 17.7. The van der Waals surface area contributed by atoms with Crippen LogP contribution in [0, 0.1) is 35.0 Å².